The Kier molecular flexibility index (Phi) is 5.86. The fourth-order valence-electron chi connectivity index (χ4n) is 3.28. The van der Waals surface area contributed by atoms with E-state index in [0.717, 1.165) is 12.8 Å². The Hall–Kier alpha value is -2.15. The van der Waals surface area contributed by atoms with Gasteiger partial charge in [-0.25, -0.2) is 4.39 Å². The lowest BCUT2D eigenvalue weighted by molar-refractivity contribution is -0.131. The molecule has 2 heterocycles. The number of hydrogen-bond donors (Lipinski definition) is 1. The smallest absolute Gasteiger partial charge is 0.225 e. The lowest BCUT2D eigenvalue weighted by Crippen LogP contribution is -2.41. The first-order valence-electron chi connectivity index (χ1n) is 8.67. The van der Waals surface area contributed by atoms with Crippen molar-refractivity contribution in [2.75, 3.05) is 32.9 Å². The van der Waals surface area contributed by atoms with E-state index in [4.69, 9.17) is 9.47 Å². The molecule has 0 aromatic heterocycles. The highest BCUT2D eigenvalue weighted by atomic mass is 19.1. The van der Waals surface area contributed by atoms with E-state index in [0.29, 0.717) is 38.7 Å². The highest BCUT2D eigenvalue weighted by Crippen LogP contribution is 2.25. The third-order valence-electron chi connectivity index (χ3n) is 4.64. The summed E-state index contributed by atoms with van der Waals surface area (Å²) < 4.78 is 23.6. The summed E-state index contributed by atoms with van der Waals surface area (Å²) in [5, 5.41) is 2.81. The van der Waals surface area contributed by atoms with Crippen LogP contribution in [0.25, 0.3) is 0 Å². The average molecular weight is 350 g/mol. The lowest BCUT2D eigenvalue weighted by Gasteiger charge is -2.31. The Labute approximate surface area is 146 Å². The Balaban J connectivity index is 1.39. The zero-order valence-corrected chi connectivity index (χ0v) is 14.1. The summed E-state index contributed by atoms with van der Waals surface area (Å²) in [6.07, 6.45) is 1.94. The van der Waals surface area contributed by atoms with E-state index in [1.54, 1.807) is 12.1 Å². The van der Waals surface area contributed by atoms with Gasteiger partial charge in [-0.2, -0.15) is 0 Å². The lowest BCUT2D eigenvalue weighted by atomic mass is 10.1. The van der Waals surface area contributed by atoms with Gasteiger partial charge in [0.1, 0.15) is 18.2 Å². The summed E-state index contributed by atoms with van der Waals surface area (Å²) in [5.74, 6) is -0.139. The number of halogens is 1. The summed E-state index contributed by atoms with van der Waals surface area (Å²) in [6.45, 7) is 2.46. The summed E-state index contributed by atoms with van der Waals surface area (Å²) >= 11 is 0. The number of likely N-dealkylation sites (tertiary alicyclic amines) is 1. The van der Waals surface area contributed by atoms with E-state index in [2.05, 4.69) is 5.32 Å². The van der Waals surface area contributed by atoms with Gasteiger partial charge in [-0.1, -0.05) is 0 Å². The Morgan fingerprint density at radius 3 is 2.72 bits per heavy atom. The van der Waals surface area contributed by atoms with Crippen LogP contribution in [0.4, 0.5) is 4.39 Å². The van der Waals surface area contributed by atoms with Gasteiger partial charge in [-0.3, -0.25) is 9.59 Å². The molecule has 1 aromatic carbocycles. The first-order valence-corrected chi connectivity index (χ1v) is 8.67. The molecule has 2 aliphatic heterocycles. The normalized spacial score (nSPS) is 21.4. The van der Waals surface area contributed by atoms with Gasteiger partial charge in [0.25, 0.3) is 0 Å². The third kappa shape index (κ3) is 4.69. The van der Waals surface area contributed by atoms with Gasteiger partial charge in [0.05, 0.1) is 12.5 Å². The largest absolute Gasteiger partial charge is 0.492 e. The van der Waals surface area contributed by atoms with Crippen LogP contribution in [-0.4, -0.2) is 55.7 Å². The Bertz CT molecular complexity index is 602. The molecular formula is C18H23FN2O4. The predicted molar refractivity (Wildman–Crippen MR) is 88.6 cm³/mol. The topological polar surface area (TPSA) is 67.9 Å². The fourth-order valence-corrected chi connectivity index (χ4v) is 3.28. The highest BCUT2D eigenvalue weighted by Gasteiger charge is 2.38. The summed E-state index contributed by atoms with van der Waals surface area (Å²) in [5.41, 5.74) is 0. The van der Waals surface area contributed by atoms with Gasteiger partial charge < -0.3 is 19.7 Å². The molecule has 0 bridgehead atoms. The minimum absolute atomic E-state index is 0.0506. The molecule has 2 amide bonds. The van der Waals surface area contributed by atoms with Gasteiger partial charge in [-0.05, 0) is 37.1 Å². The maximum absolute atomic E-state index is 12.8. The molecule has 0 spiro atoms. The maximum Gasteiger partial charge on any atom is 0.225 e. The van der Waals surface area contributed by atoms with Crippen molar-refractivity contribution in [3.05, 3.63) is 30.1 Å². The van der Waals surface area contributed by atoms with Crippen LogP contribution in [0.1, 0.15) is 19.3 Å². The molecule has 1 N–H and O–H groups in total. The molecule has 7 heteroatoms. The van der Waals surface area contributed by atoms with Crippen molar-refractivity contribution < 1.29 is 23.5 Å². The molecule has 0 radical (unpaired) electrons. The van der Waals surface area contributed by atoms with Gasteiger partial charge in [0.15, 0.2) is 0 Å². The zero-order chi connectivity index (χ0) is 17.6. The monoisotopic (exact) mass is 350 g/mol. The zero-order valence-electron chi connectivity index (χ0n) is 14.1. The predicted octanol–water partition coefficient (Wildman–Crippen LogP) is 1.35. The number of nitrogens with zero attached hydrogens (tertiary/aromatic N) is 1. The number of benzene rings is 1. The average Bonchev–Trinajstić information content (AvgIpc) is 3.03. The number of carbonyl (C=O) groups excluding carboxylic acids is 2. The van der Waals surface area contributed by atoms with E-state index in [1.165, 1.54) is 12.1 Å². The van der Waals surface area contributed by atoms with Crippen molar-refractivity contribution in [3.63, 3.8) is 0 Å². The van der Waals surface area contributed by atoms with Crippen LogP contribution in [0, 0.1) is 11.7 Å². The molecule has 6 nitrogen and oxygen atoms in total. The number of amides is 2. The molecule has 136 valence electrons. The van der Waals surface area contributed by atoms with Crippen molar-refractivity contribution in [1.82, 2.24) is 10.2 Å². The summed E-state index contributed by atoms with van der Waals surface area (Å²) in [4.78, 5) is 26.3. The third-order valence-corrected chi connectivity index (χ3v) is 4.64. The second-order valence-electron chi connectivity index (χ2n) is 6.38. The molecule has 0 saturated carbocycles. The number of ether oxygens (including phenoxy) is 2. The minimum atomic E-state index is -0.319. The standard InChI is InChI=1S/C18H23FN2O4/c19-14-1-3-16(4-2-14)25-10-7-20-18(23)13-11-17(22)21(12-13)15-5-8-24-9-6-15/h1-4,13,15H,5-12H2,(H,20,23). The minimum Gasteiger partial charge on any atom is -0.492 e. The molecule has 3 rings (SSSR count). The molecule has 1 unspecified atom stereocenters. The molecular weight excluding hydrogens is 327 g/mol. The van der Waals surface area contributed by atoms with Crippen molar-refractivity contribution in [2.24, 2.45) is 5.92 Å². The van der Waals surface area contributed by atoms with Crippen LogP contribution in [0.2, 0.25) is 0 Å². The Morgan fingerprint density at radius 1 is 1.28 bits per heavy atom. The van der Waals surface area contributed by atoms with Crippen LogP contribution < -0.4 is 10.1 Å². The van der Waals surface area contributed by atoms with Gasteiger partial charge >= 0.3 is 0 Å². The first-order chi connectivity index (χ1) is 12.1. The molecule has 0 aliphatic carbocycles. The number of carbonyl (C=O) groups is 2. The second kappa shape index (κ2) is 8.29. The molecule has 1 atom stereocenters. The van der Waals surface area contributed by atoms with Crippen LogP contribution in [0.15, 0.2) is 24.3 Å². The van der Waals surface area contributed by atoms with Crippen LogP contribution >= 0.6 is 0 Å². The molecule has 2 saturated heterocycles. The van der Waals surface area contributed by atoms with E-state index >= 15 is 0 Å². The fraction of sp³-hybridized carbons (Fsp3) is 0.556. The van der Waals surface area contributed by atoms with Crippen LogP contribution in [0.5, 0.6) is 5.75 Å². The highest BCUT2D eigenvalue weighted by molar-refractivity contribution is 5.89. The molecule has 25 heavy (non-hydrogen) atoms. The number of nitrogens with one attached hydrogen (secondary N) is 1. The van der Waals surface area contributed by atoms with Crippen molar-refractivity contribution in [2.45, 2.75) is 25.3 Å². The van der Waals surface area contributed by atoms with Crippen molar-refractivity contribution in [3.8, 4) is 5.75 Å². The maximum atomic E-state index is 12.8. The van der Waals surface area contributed by atoms with Crippen molar-refractivity contribution >= 4 is 11.8 Å². The molecule has 2 fully saturated rings. The molecule has 1 aromatic rings. The number of rotatable bonds is 6. The van der Waals surface area contributed by atoms with Gasteiger partial charge in [0, 0.05) is 32.2 Å². The van der Waals surface area contributed by atoms with E-state index in [9.17, 15) is 14.0 Å². The quantitative estimate of drug-likeness (QED) is 0.787. The number of hydrogen-bond acceptors (Lipinski definition) is 4. The first kappa shape index (κ1) is 17.7. The van der Waals surface area contributed by atoms with Crippen LogP contribution in [-0.2, 0) is 14.3 Å². The molecule has 2 aliphatic rings. The summed E-state index contributed by atoms with van der Waals surface area (Å²) in [6, 6.07) is 5.92. The van der Waals surface area contributed by atoms with Crippen molar-refractivity contribution in [1.29, 1.82) is 0 Å². The summed E-state index contributed by atoms with van der Waals surface area (Å²) in [7, 11) is 0. The van der Waals surface area contributed by atoms with Gasteiger partial charge in [-0.15, -0.1) is 0 Å². The SMILES string of the molecule is O=C(NCCOc1ccc(F)cc1)C1CC(=O)N(C2CCOCC2)C1. The Morgan fingerprint density at radius 2 is 2.00 bits per heavy atom. The van der Waals surface area contributed by atoms with E-state index in [-0.39, 0.29) is 36.0 Å². The van der Waals surface area contributed by atoms with E-state index < -0.39 is 0 Å². The van der Waals surface area contributed by atoms with Gasteiger partial charge in [0.2, 0.25) is 11.8 Å². The van der Waals surface area contributed by atoms with E-state index in [1.807, 2.05) is 4.90 Å². The second-order valence-corrected chi connectivity index (χ2v) is 6.38. The van der Waals surface area contributed by atoms with Crippen LogP contribution in [0.3, 0.4) is 0 Å².